The molecule has 2 fully saturated rings. The second-order valence-corrected chi connectivity index (χ2v) is 13.5. The molecule has 1 aromatic rings. The Balaban J connectivity index is 1.55. The van der Waals surface area contributed by atoms with E-state index in [-0.39, 0.29) is 41.6 Å². The third-order valence-corrected chi connectivity index (χ3v) is 9.77. The number of carbonyl (C=O) groups excluding carboxylic acids is 3. The molecule has 3 atom stereocenters. The number of hydrogen-bond donors (Lipinski definition) is 5. The van der Waals surface area contributed by atoms with Gasteiger partial charge >= 0.3 is 0 Å². The summed E-state index contributed by atoms with van der Waals surface area (Å²) in [6, 6.07) is 1.63. The van der Waals surface area contributed by atoms with Crippen LogP contribution in [0.3, 0.4) is 0 Å². The molecule has 10 heteroatoms. The first-order chi connectivity index (χ1) is 19.1. The normalized spacial score (nSPS) is 27.5. The van der Waals surface area contributed by atoms with E-state index in [2.05, 4.69) is 25.7 Å². The van der Waals surface area contributed by atoms with Crippen LogP contribution in [0.25, 0.3) is 5.76 Å². The maximum absolute atomic E-state index is 13.8. The van der Waals surface area contributed by atoms with Crippen molar-refractivity contribution in [1.82, 2.24) is 4.90 Å². The number of aliphatic hydroxyl groups excluding tert-OH is 2. The lowest BCUT2D eigenvalue weighted by Gasteiger charge is -2.46. The molecular formula is C31H41N3O7. The predicted octanol–water partition coefficient (Wildman–Crippen LogP) is 2.75. The van der Waals surface area contributed by atoms with Gasteiger partial charge in [-0.05, 0) is 73.2 Å². The molecule has 41 heavy (non-hydrogen) atoms. The van der Waals surface area contributed by atoms with Crippen molar-refractivity contribution < 1.29 is 34.8 Å². The van der Waals surface area contributed by atoms with Crippen LogP contribution in [0.4, 0.5) is 5.69 Å². The number of anilines is 1. The summed E-state index contributed by atoms with van der Waals surface area (Å²) in [6.07, 6.45) is 2.25. The molecule has 0 radical (unpaired) electrons. The first-order valence-electron chi connectivity index (χ1n) is 14.3. The minimum absolute atomic E-state index is 0.112. The van der Waals surface area contributed by atoms with Crippen molar-refractivity contribution in [3.05, 3.63) is 39.7 Å². The molecule has 1 aliphatic heterocycles. The molecular weight excluding hydrogens is 526 g/mol. The van der Waals surface area contributed by atoms with E-state index in [0.29, 0.717) is 18.0 Å². The number of fused-ring (bicyclic) bond motifs is 3. The number of primary amides is 1. The fraction of sp³-hybridized carbons (Fsp3) is 0.581. The second kappa shape index (κ2) is 9.87. The summed E-state index contributed by atoms with van der Waals surface area (Å²) >= 11 is 0. The predicted molar refractivity (Wildman–Crippen MR) is 153 cm³/mol. The fourth-order valence-electron chi connectivity index (χ4n) is 7.62. The van der Waals surface area contributed by atoms with E-state index in [9.17, 15) is 34.8 Å². The van der Waals surface area contributed by atoms with Crippen LogP contribution in [0, 0.1) is 23.2 Å². The lowest BCUT2D eigenvalue weighted by atomic mass is 9.59. The van der Waals surface area contributed by atoms with Crippen LogP contribution in [0.5, 0.6) is 5.75 Å². The number of Topliss-reactive ketones (excluding diaryl/α,β-unsaturated/α-hetero) is 2. The molecule has 1 aromatic carbocycles. The van der Waals surface area contributed by atoms with Crippen LogP contribution in [0.15, 0.2) is 23.0 Å². The van der Waals surface area contributed by atoms with E-state index in [0.717, 1.165) is 37.2 Å². The van der Waals surface area contributed by atoms with Gasteiger partial charge in [0.2, 0.25) is 5.78 Å². The van der Waals surface area contributed by atoms with Gasteiger partial charge in [0.25, 0.3) is 5.91 Å². The van der Waals surface area contributed by atoms with Gasteiger partial charge in [0.05, 0.1) is 5.56 Å². The number of piperidine rings is 1. The zero-order valence-electron chi connectivity index (χ0n) is 24.5. The van der Waals surface area contributed by atoms with E-state index in [1.165, 1.54) is 0 Å². The van der Waals surface area contributed by atoms with Crippen molar-refractivity contribution in [2.75, 3.05) is 32.1 Å². The summed E-state index contributed by atoms with van der Waals surface area (Å²) in [6.45, 7) is 9.34. The fourth-order valence-corrected chi connectivity index (χ4v) is 7.62. The third kappa shape index (κ3) is 4.52. The highest BCUT2D eigenvalue weighted by Gasteiger charge is 2.60. The third-order valence-electron chi connectivity index (χ3n) is 9.77. The molecule has 1 saturated heterocycles. The molecule has 1 unspecified atom stereocenters. The van der Waals surface area contributed by atoms with Gasteiger partial charge < -0.3 is 31.1 Å². The zero-order chi connectivity index (χ0) is 30.2. The first kappa shape index (κ1) is 29.1. The van der Waals surface area contributed by atoms with Crippen LogP contribution < -0.4 is 10.6 Å². The molecule has 0 bridgehead atoms. The molecule has 222 valence electrons. The Morgan fingerprint density at radius 2 is 1.76 bits per heavy atom. The topological polar surface area (TPSA) is 165 Å². The maximum Gasteiger partial charge on any atom is 0.255 e. The number of benzene rings is 1. The molecule has 1 saturated carbocycles. The highest BCUT2D eigenvalue weighted by molar-refractivity contribution is 6.22. The summed E-state index contributed by atoms with van der Waals surface area (Å²) in [5.74, 6) is -5.55. The van der Waals surface area contributed by atoms with Crippen LogP contribution >= 0.6 is 0 Å². The standard InChI is InChI=1S/C31H41N3O7/c1-30(2,3)17-6-8-34(9-7-17)14-16-12-20(35)23-19(25(16)33(4)5)11-15-10-18-13-21(36)24(29(32)40)28(39)31(18,41)27(38)22(15)26(23)37/h12,15,17-18,35,37,39,41H,6-11,13-14H2,1-5H3,(H2,32,40)/t15?,18-,31-/m0/s1. The monoisotopic (exact) mass is 567 g/mol. The second-order valence-electron chi connectivity index (χ2n) is 13.5. The molecule has 1 heterocycles. The number of carbonyl (C=O) groups is 3. The Morgan fingerprint density at radius 3 is 2.32 bits per heavy atom. The van der Waals surface area contributed by atoms with E-state index >= 15 is 0 Å². The number of amides is 1. The van der Waals surface area contributed by atoms with Crippen molar-refractivity contribution in [2.24, 2.45) is 28.9 Å². The average Bonchev–Trinajstić information content (AvgIpc) is 2.85. The van der Waals surface area contributed by atoms with Crippen molar-refractivity contribution >= 4 is 28.9 Å². The van der Waals surface area contributed by atoms with Crippen molar-refractivity contribution in [3.8, 4) is 5.75 Å². The Morgan fingerprint density at radius 1 is 1.12 bits per heavy atom. The number of nitrogens with zero attached hydrogens (tertiary/aromatic N) is 2. The van der Waals surface area contributed by atoms with Gasteiger partial charge in [-0.25, -0.2) is 0 Å². The molecule has 0 aromatic heterocycles. The van der Waals surface area contributed by atoms with Gasteiger partial charge in [0.15, 0.2) is 11.4 Å². The number of likely N-dealkylation sites (tertiary alicyclic amines) is 1. The number of aliphatic hydroxyl groups is 3. The number of phenolic OH excluding ortho intramolecular Hbond substituents is 1. The minimum Gasteiger partial charge on any atom is -0.508 e. The van der Waals surface area contributed by atoms with E-state index in [1.54, 1.807) is 6.07 Å². The highest BCUT2D eigenvalue weighted by atomic mass is 16.3. The van der Waals surface area contributed by atoms with Crippen molar-refractivity contribution in [1.29, 1.82) is 0 Å². The molecule has 6 N–H and O–H groups in total. The van der Waals surface area contributed by atoms with Crippen LogP contribution in [0.2, 0.25) is 0 Å². The zero-order valence-corrected chi connectivity index (χ0v) is 24.5. The lowest BCUT2D eigenvalue weighted by molar-refractivity contribution is -0.147. The summed E-state index contributed by atoms with van der Waals surface area (Å²) in [5, 5.41) is 44.8. The van der Waals surface area contributed by atoms with E-state index in [4.69, 9.17) is 5.73 Å². The van der Waals surface area contributed by atoms with E-state index < -0.39 is 52.0 Å². The summed E-state index contributed by atoms with van der Waals surface area (Å²) in [4.78, 5) is 42.6. The molecule has 4 aliphatic rings. The SMILES string of the molecule is CN(C)c1c(CN2CCC(C(C)(C)C)CC2)cc(O)c2c1CC1C[C@H]3CC(=O)C(C(N)=O)=C(O)[C@@]3(O)C(=O)C1=C2O. The number of phenols is 1. The lowest BCUT2D eigenvalue weighted by Crippen LogP contribution is -2.58. The first-order valence-corrected chi connectivity index (χ1v) is 14.3. The Bertz CT molecular complexity index is 1400. The van der Waals surface area contributed by atoms with Gasteiger partial charge in [0.1, 0.15) is 22.8 Å². The van der Waals surface area contributed by atoms with Crippen LogP contribution in [-0.4, -0.2) is 75.6 Å². The van der Waals surface area contributed by atoms with Gasteiger partial charge in [-0.2, -0.15) is 0 Å². The largest absolute Gasteiger partial charge is 0.508 e. The van der Waals surface area contributed by atoms with Gasteiger partial charge in [-0.3, -0.25) is 19.3 Å². The van der Waals surface area contributed by atoms with Gasteiger partial charge in [0, 0.05) is 44.2 Å². The highest BCUT2D eigenvalue weighted by Crippen LogP contribution is 2.53. The Hall–Kier alpha value is -3.37. The Kier molecular flexibility index (Phi) is 7.02. The van der Waals surface area contributed by atoms with Crippen molar-refractivity contribution in [3.63, 3.8) is 0 Å². The number of nitrogens with two attached hydrogens (primary N) is 1. The Labute approximate surface area is 240 Å². The molecule has 0 spiro atoms. The van der Waals surface area contributed by atoms with Gasteiger partial charge in [-0.15, -0.1) is 0 Å². The van der Waals surface area contributed by atoms with E-state index in [1.807, 2.05) is 19.0 Å². The molecule has 3 aliphatic carbocycles. The number of aromatic hydroxyl groups is 1. The summed E-state index contributed by atoms with van der Waals surface area (Å²) < 4.78 is 0. The minimum atomic E-state index is -2.56. The maximum atomic E-state index is 13.8. The van der Waals surface area contributed by atoms with Crippen LogP contribution in [-0.2, 0) is 27.3 Å². The van der Waals surface area contributed by atoms with Gasteiger partial charge in [-0.1, -0.05) is 20.8 Å². The number of ketones is 2. The number of rotatable bonds is 4. The quantitative estimate of drug-likeness (QED) is 0.344. The van der Waals surface area contributed by atoms with Crippen molar-refractivity contribution in [2.45, 2.75) is 65.0 Å². The smallest absolute Gasteiger partial charge is 0.255 e. The molecule has 1 amide bonds. The molecule has 10 nitrogen and oxygen atoms in total. The molecule has 5 rings (SSSR count). The average molecular weight is 568 g/mol. The van der Waals surface area contributed by atoms with Crippen LogP contribution in [0.1, 0.15) is 63.1 Å². The summed E-state index contributed by atoms with van der Waals surface area (Å²) in [5.41, 5.74) is 4.63. The number of hydrogen-bond acceptors (Lipinski definition) is 9. The summed E-state index contributed by atoms with van der Waals surface area (Å²) in [7, 11) is 3.80.